The minimum atomic E-state index is -2.69. The third-order valence-corrected chi connectivity index (χ3v) is 2.83. The molecule has 1 rings (SSSR count). The Kier molecular flexibility index (Phi) is 3.88. The average molecular weight is 221 g/mol. The molecule has 1 heterocycles. The van der Waals surface area contributed by atoms with E-state index < -0.39 is 18.1 Å². The fourth-order valence-electron chi connectivity index (χ4n) is 1.97. The number of nitrogens with zero attached hydrogens (tertiary/aromatic N) is 1. The lowest BCUT2D eigenvalue weighted by atomic mass is 9.95. The van der Waals surface area contributed by atoms with Gasteiger partial charge in [0.25, 0.3) is 5.92 Å². The average Bonchev–Trinajstić information content (AvgIpc) is 2.12. The molecule has 1 unspecified atom stereocenters. The smallest absolute Gasteiger partial charge is 0.407 e. The number of piperidine rings is 1. The zero-order valence-corrected chi connectivity index (χ0v) is 8.88. The maximum Gasteiger partial charge on any atom is 0.407 e. The number of alkyl halides is 2. The standard InChI is InChI=1S/C10H17F2NO2/c1-2-3-4-8-7-10(11,12)5-6-13(8)9(14)15/h8H,2-7H2,1H3,(H,14,15). The maximum absolute atomic E-state index is 13.1. The van der Waals surface area contributed by atoms with E-state index in [0.29, 0.717) is 6.42 Å². The molecular weight excluding hydrogens is 204 g/mol. The number of hydrogen-bond acceptors (Lipinski definition) is 1. The van der Waals surface area contributed by atoms with Gasteiger partial charge in [-0.2, -0.15) is 0 Å². The molecule has 1 saturated heterocycles. The van der Waals surface area contributed by atoms with E-state index in [9.17, 15) is 13.6 Å². The second-order valence-corrected chi connectivity index (χ2v) is 4.08. The summed E-state index contributed by atoms with van der Waals surface area (Å²) in [6.45, 7) is 1.92. The van der Waals surface area contributed by atoms with Gasteiger partial charge in [0.15, 0.2) is 0 Å². The number of halogens is 2. The van der Waals surface area contributed by atoms with Gasteiger partial charge in [-0.25, -0.2) is 13.6 Å². The summed E-state index contributed by atoms with van der Waals surface area (Å²) in [5.41, 5.74) is 0. The molecule has 15 heavy (non-hydrogen) atoms. The van der Waals surface area contributed by atoms with Gasteiger partial charge in [0.05, 0.1) is 0 Å². The lowest BCUT2D eigenvalue weighted by Gasteiger charge is -2.37. The molecule has 1 fully saturated rings. The summed E-state index contributed by atoms with van der Waals surface area (Å²) < 4.78 is 26.2. The summed E-state index contributed by atoms with van der Waals surface area (Å²) in [5.74, 6) is -2.69. The van der Waals surface area contributed by atoms with Crippen LogP contribution < -0.4 is 0 Å². The molecule has 5 heteroatoms. The van der Waals surface area contributed by atoms with Gasteiger partial charge in [-0.3, -0.25) is 0 Å². The quantitative estimate of drug-likeness (QED) is 0.795. The first kappa shape index (κ1) is 12.2. The number of unbranched alkanes of at least 4 members (excludes halogenated alkanes) is 1. The maximum atomic E-state index is 13.1. The zero-order chi connectivity index (χ0) is 11.5. The van der Waals surface area contributed by atoms with Crippen LogP contribution in [-0.4, -0.2) is 34.6 Å². The fraction of sp³-hybridized carbons (Fsp3) is 0.900. The summed E-state index contributed by atoms with van der Waals surface area (Å²) in [5, 5.41) is 8.86. The van der Waals surface area contributed by atoms with Crippen molar-refractivity contribution in [3.05, 3.63) is 0 Å². The Morgan fingerprint density at radius 3 is 2.80 bits per heavy atom. The van der Waals surface area contributed by atoms with Gasteiger partial charge in [0.1, 0.15) is 0 Å². The second kappa shape index (κ2) is 4.77. The SMILES string of the molecule is CCCCC1CC(F)(F)CCN1C(=O)O. The number of rotatable bonds is 3. The van der Waals surface area contributed by atoms with Crippen LogP contribution >= 0.6 is 0 Å². The highest BCUT2D eigenvalue weighted by Crippen LogP contribution is 2.33. The minimum absolute atomic E-state index is 0.0449. The lowest BCUT2D eigenvalue weighted by molar-refractivity contribution is -0.0728. The Morgan fingerprint density at radius 1 is 1.60 bits per heavy atom. The molecule has 1 N–H and O–H groups in total. The van der Waals surface area contributed by atoms with E-state index in [1.165, 1.54) is 0 Å². The van der Waals surface area contributed by atoms with Crippen molar-refractivity contribution in [2.24, 2.45) is 0 Å². The predicted octanol–water partition coefficient (Wildman–Crippen LogP) is 2.95. The van der Waals surface area contributed by atoms with E-state index in [2.05, 4.69) is 0 Å². The number of likely N-dealkylation sites (tertiary alicyclic amines) is 1. The molecule has 1 atom stereocenters. The van der Waals surface area contributed by atoms with Crippen molar-refractivity contribution >= 4 is 6.09 Å². The minimum Gasteiger partial charge on any atom is -0.465 e. The van der Waals surface area contributed by atoms with Gasteiger partial charge in [-0.05, 0) is 6.42 Å². The Hall–Kier alpha value is -0.870. The van der Waals surface area contributed by atoms with Crippen LogP contribution in [0, 0.1) is 0 Å². The van der Waals surface area contributed by atoms with E-state index in [0.717, 1.165) is 17.7 Å². The topological polar surface area (TPSA) is 40.5 Å². The molecule has 88 valence electrons. The summed E-state index contributed by atoms with van der Waals surface area (Å²) in [6.07, 6.45) is 0.492. The fourth-order valence-corrected chi connectivity index (χ4v) is 1.97. The van der Waals surface area contributed by atoms with Crippen LogP contribution in [-0.2, 0) is 0 Å². The molecule has 0 spiro atoms. The predicted molar refractivity (Wildman–Crippen MR) is 52.2 cm³/mol. The highest BCUT2D eigenvalue weighted by Gasteiger charge is 2.41. The van der Waals surface area contributed by atoms with Crippen molar-refractivity contribution in [2.75, 3.05) is 6.54 Å². The largest absolute Gasteiger partial charge is 0.465 e. The van der Waals surface area contributed by atoms with E-state index in [1.54, 1.807) is 0 Å². The van der Waals surface area contributed by atoms with Crippen LogP contribution in [0.15, 0.2) is 0 Å². The first-order valence-corrected chi connectivity index (χ1v) is 5.33. The summed E-state index contributed by atoms with van der Waals surface area (Å²) in [7, 11) is 0. The van der Waals surface area contributed by atoms with Gasteiger partial charge in [0.2, 0.25) is 0 Å². The molecule has 0 aromatic heterocycles. The van der Waals surface area contributed by atoms with Crippen molar-refractivity contribution in [3.8, 4) is 0 Å². The molecule has 0 aromatic carbocycles. The molecule has 0 saturated carbocycles. The Morgan fingerprint density at radius 2 is 2.27 bits per heavy atom. The van der Waals surface area contributed by atoms with Crippen LogP contribution in [0.3, 0.4) is 0 Å². The van der Waals surface area contributed by atoms with Crippen LogP contribution in [0.1, 0.15) is 39.0 Å². The molecule has 1 amide bonds. The number of carbonyl (C=O) groups is 1. The molecular formula is C10H17F2NO2. The normalized spacial score (nSPS) is 25.3. The van der Waals surface area contributed by atoms with Crippen molar-refractivity contribution in [1.82, 2.24) is 4.90 Å². The summed E-state index contributed by atoms with van der Waals surface area (Å²) in [4.78, 5) is 12.0. The van der Waals surface area contributed by atoms with Gasteiger partial charge in [0, 0.05) is 25.4 Å². The number of hydrogen-bond donors (Lipinski definition) is 1. The van der Waals surface area contributed by atoms with E-state index >= 15 is 0 Å². The summed E-state index contributed by atoms with van der Waals surface area (Å²) >= 11 is 0. The Labute approximate surface area is 88.1 Å². The van der Waals surface area contributed by atoms with Crippen molar-refractivity contribution in [3.63, 3.8) is 0 Å². The first-order valence-electron chi connectivity index (χ1n) is 5.33. The van der Waals surface area contributed by atoms with Gasteiger partial charge in [-0.15, -0.1) is 0 Å². The summed E-state index contributed by atoms with van der Waals surface area (Å²) in [6, 6.07) is -0.508. The highest BCUT2D eigenvalue weighted by atomic mass is 19.3. The number of carboxylic acid groups (broad SMARTS) is 1. The van der Waals surface area contributed by atoms with E-state index in [-0.39, 0.29) is 19.4 Å². The third kappa shape index (κ3) is 3.32. The third-order valence-electron chi connectivity index (χ3n) is 2.83. The van der Waals surface area contributed by atoms with Gasteiger partial charge >= 0.3 is 6.09 Å². The molecule has 3 nitrogen and oxygen atoms in total. The van der Waals surface area contributed by atoms with Crippen LogP contribution in [0.5, 0.6) is 0 Å². The molecule has 0 aliphatic carbocycles. The Bertz CT molecular complexity index is 233. The van der Waals surface area contributed by atoms with Gasteiger partial charge < -0.3 is 10.0 Å². The van der Waals surface area contributed by atoms with E-state index in [1.807, 2.05) is 6.92 Å². The second-order valence-electron chi connectivity index (χ2n) is 4.08. The molecule has 1 aliphatic heterocycles. The molecule has 0 aromatic rings. The highest BCUT2D eigenvalue weighted by molar-refractivity contribution is 5.65. The zero-order valence-electron chi connectivity index (χ0n) is 8.88. The van der Waals surface area contributed by atoms with Crippen LogP contribution in [0.4, 0.5) is 13.6 Å². The van der Waals surface area contributed by atoms with Crippen molar-refractivity contribution in [1.29, 1.82) is 0 Å². The molecule has 0 bridgehead atoms. The number of amides is 1. The van der Waals surface area contributed by atoms with Crippen LogP contribution in [0.25, 0.3) is 0 Å². The first-order chi connectivity index (χ1) is 6.96. The molecule has 0 radical (unpaired) electrons. The van der Waals surface area contributed by atoms with Crippen molar-refractivity contribution in [2.45, 2.75) is 51.0 Å². The monoisotopic (exact) mass is 221 g/mol. The molecule has 1 aliphatic rings. The lowest BCUT2D eigenvalue weighted by Crippen LogP contribution is -2.49. The van der Waals surface area contributed by atoms with Crippen molar-refractivity contribution < 1.29 is 18.7 Å². The van der Waals surface area contributed by atoms with Gasteiger partial charge in [-0.1, -0.05) is 19.8 Å². The van der Waals surface area contributed by atoms with Crippen LogP contribution in [0.2, 0.25) is 0 Å². The van der Waals surface area contributed by atoms with E-state index in [4.69, 9.17) is 5.11 Å². The Balaban J connectivity index is 2.60.